The van der Waals surface area contributed by atoms with E-state index in [1.165, 1.54) is 25.3 Å². The summed E-state index contributed by atoms with van der Waals surface area (Å²) in [5.74, 6) is -0.248. The quantitative estimate of drug-likeness (QED) is 0.826. The molecule has 110 valence electrons. The summed E-state index contributed by atoms with van der Waals surface area (Å²) in [6.07, 6.45) is 0. The van der Waals surface area contributed by atoms with Crippen LogP contribution in [0, 0.1) is 5.82 Å². The first kappa shape index (κ1) is 15.6. The van der Waals surface area contributed by atoms with Crippen LogP contribution in [0.5, 0.6) is 11.5 Å². The molecule has 0 atom stereocenters. The molecule has 0 radical (unpaired) electrons. The Morgan fingerprint density at radius 2 is 1.95 bits per heavy atom. The molecule has 0 aliphatic heterocycles. The molecule has 7 heteroatoms. The molecule has 2 N–H and O–H groups in total. The van der Waals surface area contributed by atoms with Gasteiger partial charge in [-0.25, -0.2) is 4.39 Å². The van der Waals surface area contributed by atoms with Crippen molar-refractivity contribution in [2.75, 3.05) is 7.11 Å². The van der Waals surface area contributed by atoms with Crippen LogP contribution in [0.3, 0.4) is 0 Å². The maximum absolute atomic E-state index is 13.7. The Morgan fingerprint density at radius 1 is 1.19 bits per heavy atom. The number of benzene rings is 2. The molecule has 2 aromatic carbocycles. The van der Waals surface area contributed by atoms with E-state index < -0.39 is 12.9 Å². The highest BCUT2D eigenvalue weighted by Gasteiger charge is 2.17. The third-order valence-corrected chi connectivity index (χ3v) is 3.17. The zero-order valence-electron chi connectivity index (χ0n) is 11.2. The molecule has 2 aromatic rings. The Labute approximate surface area is 126 Å². The molecule has 4 nitrogen and oxygen atoms in total. The van der Waals surface area contributed by atoms with Crippen LogP contribution in [0.15, 0.2) is 36.4 Å². The highest BCUT2D eigenvalue weighted by atomic mass is 35.5. The highest BCUT2D eigenvalue weighted by molar-refractivity contribution is 6.59. The number of hydrogen-bond donors (Lipinski definition) is 2. The van der Waals surface area contributed by atoms with Crippen LogP contribution < -0.4 is 14.9 Å². The second kappa shape index (κ2) is 6.80. The van der Waals surface area contributed by atoms with E-state index in [9.17, 15) is 14.4 Å². The van der Waals surface area contributed by atoms with Gasteiger partial charge in [0.25, 0.3) is 0 Å². The lowest BCUT2D eigenvalue weighted by molar-refractivity contribution is 0.290. The van der Waals surface area contributed by atoms with Gasteiger partial charge in [0.1, 0.15) is 12.4 Å². The standard InChI is InChI=1S/C14H13BClFO4/c1-20-12-6-5-9(7-10(12)15(18)19)8-21-13-4-2-3-11(16)14(13)17/h2-7,18-19H,8H2,1H3. The maximum atomic E-state index is 13.7. The van der Waals surface area contributed by atoms with Crippen molar-refractivity contribution in [3.05, 3.63) is 52.8 Å². The number of rotatable bonds is 5. The predicted octanol–water partition coefficient (Wildman–Crippen LogP) is 1.75. The predicted molar refractivity (Wildman–Crippen MR) is 78.6 cm³/mol. The smallest absolute Gasteiger partial charge is 0.492 e. The van der Waals surface area contributed by atoms with Crippen LogP contribution in [0.25, 0.3) is 0 Å². The average Bonchev–Trinajstić information content (AvgIpc) is 2.48. The van der Waals surface area contributed by atoms with Crippen molar-refractivity contribution in [2.45, 2.75) is 6.61 Å². The fourth-order valence-corrected chi connectivity index (χ4v) is 2.00. The van der Waals surface area contributed by atoms with Crippen LogP contribution in [-0.4, -0.2) is 24.3 Å². The first-order valence-corrected chi connectivity index (χ1v) is 6.50. The first-order valence-electron chi connectivity index (χ1n) is 6.12. The Hall–Kier alpha value is -1.76. The minimum absolute atomic E-state index is 0.0197. The Bertz CT molecular complexity index is 636. The highest BCUT2D eigenvalue weighted by Crippen LogP contribution is 2.24. The molecule has 0 aromatic heterocycles. The van der Waals surface area contributed by atoms with Gasteiger partial charge in [0, 0.05) is 5.46 Å². The molecular weight excluding hydrogens is 297 g/mol. The molecule has 0 amide bonds. The van der Waals surface area contributed by atoms with Gasteiger partial charge < -0.3 is 19.5 Å². The van der Waals surface area contributed by atoms with Crippen LogP contribution in [0.4, 0.5) is 4.39 Å². The number of ether oxygens (including phenoxy) is 2. The molecule has 0 aliphatic rings. The summed E-state index contributed by atoms with van der Waals surface area (Å²) in [5.41, 5.74) is 0.850. The first-order chi connectivity index (χ1) is 10.0. The van der Waals surface area contributed by atoms with E-state index in [4.69, 9.17) is 21.1 Å². The maximum Gasteiger partial charge on any atom is 0.492 e. The van der Waals surface area contributed by atoms with Gasteiger partial charge in [0.2, 0.25) is 0 Å². The average molecular weight is 311 g/mol. The third-order valence-electron chi connectivity index (χ3n) is 2.88. The summed E-state index contributed by atoms with van der Waals surface area (Å²) in [6, 6.07) is 9.27. The van der Waals surface area contributed by atoms with Crippen molar-refractivity contribution in [2.24, 2.45) is 0 Å². The summed E-state index contributed by atoms with van der Waals surface area (Å²) < 4.78 is 24.0. The van der Waals surface area contributed by atoms with Crippen LogP contribution >= 0.6 is 11.6 Å². The van der Waals surface area contributed by atoms with E-state index in [2.05, 4.69) is 0 Å². The molecular formula is C14H13BClFO4. The van der Waals surface area contributed by atoms with Gasteiger partial charge in [-0.15, -0.1) is 0 Å². The van der Waals surface area contributed by atoms with Crippen LogP contribution in [0.1, 0.15) is 5.56 Å². The molecule has 0 saturated carbocycles. The number of hydrogen-bond acceptors (Lipinski definition) is 4. The molecule has 0 heterocycles. The van der Waals surface area contributed by atoms with Crippen molar-refractivity contribution in [1.82, 2.24) is 0 Å². The zero-order valence-corrected chi connectivity index (χ0v) is 12.0. The van der Waals surface area contributed by atoms with Gasteiger partial charge in [0.05, 0.1) is 12.1 Å². The SMILES string of the molecule is COc1ccc(COc2cccc(Cl)c2F)cc1B(O)O. The van der Waals surface area contributed by atoms with Crippen molar-refractivity contribution in [3.8, 4) is 11.5 Å². The molecule has 0 aliphatic carbocycles. The van der Waals surface area contributed by atoms with Crippen LogP contribution in [0.2, 0.25) is 5.02 Å². The van der Waals surface area contributed by atoms with E-state index in [1.807, 2.05) is 0 Å². The summed E-state index contributed by atoms with van der Waals surface area (Å²) in [4.78, 5) is 0. The largest absolute Gasteiger partial charge is 0.497 e. The lowest BCUT2D eigenvalue weighted by Crippen LogP contribution is -2.31. The summed E-state index contributed by atoms with van der Waals surface area (Å²) >= 11 is 5.66. The van der Waals surface area contributed by atoms with Gasteiger partial charge >= 0.3 is 7.12 Å². The lowest BCUT2D eigenvalue weighted by Gasteiger charge is -2.11. The van der Waals surface area contributed by atoms with E-state index >= 15 is 0 Å². The van der Waals surface area contributed by atoms with E-state index in [0.29, 0.717) is 11.3 Å². The number of methoxy groups -OCH3 is 1. The Balaban J connectivity index is 2.17. The van der Waals surface area contributed by atoms with Gasteiger partial charge in [-0.1, -0.05) is 29.8 Å². The molecule has 0 spiro atoms. The van der Waals surface area contributed by atoms with Crippen molar-refractivity contribution in [1.29, 1.82) is 0 Å². The van der Waals surface area contributed by atoms with E-state index in [1.54, 1.807) is 18.2 Å². The minimum Gasteiger partial charge on any atom is -0.497 e. The summed E-state index contributed by atoms with van der Waals surface area (Å²) in [6.45, 7) is 0.0565. The Kier molecular flexibility index (Phi) is 5.06. The van der Waals surface area contributed by atoms with Crippen LogP contribution in [-0.2, 0) is 6.61 Å². The summed E-state index contributed by atoms with van der Waals surface area (Å²) in [7, 11) is -0.235. The number of halogens is 2. The van der Waals surface area contributed by atoms with Crippen molar-refractivity contribution in [3.63, 3.8) is 0 Å². The van der Waals surface area contributed by atoms with Crippen molar-refractivity contribution >= 4 is 24.2 Å². The second-order valence-corrected chi connectivity index (χ2v) is 4.70. The van der Waals surface area contributed by atoms with Gasteiger partial charge in [0.15, 0.2) is 11.6 Å². The fourth-order valence-electron chi connectivity index (χ4n) is 1.83. The van der Waals surface area contributed by atoms with Crippen molar-refractivity contribution < 1.29 is 23.9 Å². The topological polar surface area (TPSA) is 58.9 Å². The molecule has 0 bridgehead atoms. The van der Waals surface area contributed by atoms with Gasteiger partial charge in [-0.2, -0.15) is 0 Å². The second-order valence-electron chi connectivity index (χ2n) is 4.29. The van der Waals surface area contributed by atoms with Gasteiger partial charge in [-0.3, -0.25) is 0 Å². The monoisotopic (exact) mass is 310 g/mol. The van der Waals surface area contributed by atoms with E-state index in [0.717, 1.165) is 0 Å². The third kappa shape index (κ3) is 3.67. The molecule has 2 rings (SSSR count). The molecule has 0 unspecified atom stereocenters. The van der Waals surface area contributed by atoms with Gasteiger partial charge in [-0.05, 0) is 23.8 Å². The fraction of sp³-hybridized carbons (Fsp3) is 0.143. The zero-order chi connectivity index (χ0) is 15.4. The Morgan fingerprint density at radius 3 is 2.62 bits per heavy atom. The molecule has 0 fully saturated rings. The normalized spacial score (nSPS) is 10.3. The van der Waals surface area contributed by atoms with E-state index in [-0.39, 0.29) is 22.8 Å². The molecule has 21 heavy (non-hydrogen) atoms. The molecule has 0 saturated heterocycles. The lowest BCUT2D eigenvalue weighted by atomic mass is 9.79. The summed E-state index contributed by atoms with van der Waals surface area (Å²) in [5, 5.41) is 18.5. The minimum atomic E-state index is -1.66.